The van der Waals surface area contributed by atoms with Crippen LogP contribution in [0.15, 0.2) is 24.3 Å². The lowest BCUT2D eigenvalue weighted by molar-refractivity contribution is -0.114. The first-order chi connectivity index (χ1) is 10.1. The van der Waals surface area contributed by atoms with E-state index in [-0.39, 0.29) is 17.9 Å². The van der Waals surface area contributed by atoms with Gasteiger partial charge >= 0.3 is 0 Å². The molecule has 1 saturated carbocycles. The van der Waals surface area contributed by atoms with Crippen molar-refractivity contribution in [3.05, 3.63) is 29.8 Å². The molecule has 0 spiro atoms. The number of amides is 2. The van der Waals surface area contributed by atoms with E-state index in [1.807, 2.05) is 11.8 Å². The van der Waals surface area contributed by atoms with Gasteiger partial charge in [0.2, 0.25) is 5.91 Å². The minimum atomic E-state index is -0.113. The highest BCUT2D eigenvalue weighted by atomic mass is 32.2. The summed E-state index contributed by atoms with van der Waals surface area (Å²) in [5, 5.41) is 6.47. The number of hydrogen-bond acceptors (Lipinski definition) is 3. The fourth-order valence-corrected chi connectivity index (χ4v) is 3.49. The first-order valence-electron chi connectivity index (χ1n) is 7.30. The fourth-order valence-electron chi connectivity index (χ4n) is 2.67. The van der Waals surface area contributed by atoms with Gasteiger partial charge in [-0.15, -0.1) is 0 Å². The maximum atomic E-state index is 12.2. The summed E-state index contributed by atoms with van der Waals surface area (Å²) in [6.45, 7) is 1.46. The quantitative estimate of drug-likeness (QED) is 0.899. The van der Waals surface area contributed by atoms with Crippen LogP contribution < -0.4 is 10.6 Å². The van der Waals surface area contributed by atoms with E-state index in [2.05, 4.69) is 16.9 Å². The maximum absolute atomic E-state index is 12.2. The lowest BCUT2D eigenvalue weighted by Crippen LogP contribution is -2.39. The van der Waals surface area contributed by atoms with Crippen molar-refractivity contribution in [3.8, 4) is 0 Å². The Morgan fingerprint density at radius 1 is 1.19 bits per heavy atom. The molecule has 2 amide bonds. The van der Waals surface area contributed by atoms with Crippen LogP contribution in [0.3, 0.4) is 0 Å². The van der Waals surface area contributed by atoms with Gasteiger partial charge < -0.3 is 10.6 Å². The molecule has 0 radical (unpaired) electrons. The van der Waals surface area contributed by atoms with Crippen molar-refractivity contribution >= 4 is 29.3 Å². The van der Waals surface area contributed by atoms with Crippen LogP contribution in [0.2, 0.25) is 0 Å². The summed E-state index contributed by atoms with van der Waals surface area (Å²) < 4.78 is 0. The average molecular weight is 306 g/mol. The van der Waals surface area contributed by atoms with Crippen molar-refractivity contribution in [1.29, 1.82) is 0 Å². The summed E-state index contributed by atoms with van der Waals surface area (Å²) in [5.41, 5.74) is 1.34. The van der Waals surface area contributed by atoms with E-state index < -0.39 is 0 Å². The maximum Gasteiger partial charge on any atom is 0.251 e. The minimum absolute atomic E-state index is 0.0314. The van der Waals surface area contributed by atoms with Gasteiger partial charge in [-0.3, -0.25) is 9.59 Å². The molecule has 0 heterocycles. The Morgan fingerprint density at radius 3 is 2.52 bits per heavy atom. The normalized spacial score (nSPS) is 21.6. The lowest BCUT2D eigenvalue weighted by atomic mass is 9.94. The van der Waals surface area contributed by atoms with Gasteiger partial charge in [0.1, 0.15) is 0 Å². The zero-order chi connectivity index (χ0) is 15.2. The highest BCUT2D eigenvalue weighted by Crippen LogP contribution is 2.27. The molecule has 1 aliphatic carbocycles. The smallest absolute Gasteiger partial charge is 0.251 e. The summed E-state index contributed by atoms with van der Waals surface area (Å²) >= 11 is 1.89. The molecule has 0 saturated heterocycles. The number of benzene rings is 1. The van der Waals surface area contributed by atoms with E-state index in [0.29, 0.717) is 16.5 Å². The molecule has 21 heavy (non-hydrogen) atoms. The largest absolute Gasteiger partial charge is 0.349 e. The monoisotopic (exact) mass is 306 g/mol. The van der Waals surface area contributed by atoms with Gasteiger partial charge in [0.15, 0.2) is 0 Å². The van der Waals surface area contributed by atoms with Crippen molar-refractivity contribution in [2.24, 2.45) is 0 Å². The third kappa shape index (κ3) is 4.77. The summed E-state index contributed by atoms with van der Waals surface area (Å²) in [4.78, 5) is 23.2. The molecule has 2 rings (SSSR count). The Morgan fingerprint density at radius 2 is 1.90 bits per heavy atom. The Kier molecular flexibility index (Phi) is 5.67. The molecule has 0 aliphatic heterocycles. The number of hydrogen-bond donors (Lipinski definition) is 2. The minimum Gasteiger partial charge on any atom is -0.349 e. The van der Waals surface area contributed by atoms with E-state index in [0.717, 1.165) is 12.8 Å². The van der Waals surface area contributed by atoms with Crippen LogP contribution in [-0.4, -0.2) is 29.4 Å². The number of thioether (sulfide) groups is 1. The molecule has 4 nitrogen and oxygen atoms in total. The highest BCUT2D eigenvalue weighted by Gasteiger charge is 2.22. The molecule has 1 aromatic carbocycles. The SMILES string of the molecule is CS[C@H]1CCC[C@H](NC(=O)c2ccc(NC(C)=O)cc2)C1. The van der Waals surface area contributed by atoms with E-state index in [4.69, 9.17) is 0 Å². The Bertz CT molecular complexity index is 502. The van der Waals surface area contributed by atoms with Crippen LogP contribution in [0.1, 0.15) is 43.0 Å². The number of nitrogens with one attached hydrogen (secondary N) is 2. The molecular formula is C16H22N2O2S. The molecule has 2 atom stereocenters. The highest BCUT2D eigenvalue weighted by molar-refractivity contribution is 7.99. The molecule has 0 unspecified atom stereocenters. The van der Waals surface area contributed by atoms with Gasteiger partial charge in [0, 0.05) is 29.5 Å². The molecule has 0 bridgehead atoms. The molecule has 114 valence electrons. The van der Waals surface area contributed by atoms with E-state index in [1.54, 1.807) is 24.3 Å². The van der Waals surface area contributed by atoms with Gasteiger partial charge in [-0.25, -0.2) is 0 Å². The van der Waals surface area contributed by atoms with Crippen molar-refractivity contribution < 1.29 is 9.59 Å². The molecule has 5 heteroatoms. The number of anilines is 1. The van der Waals surface area contributed by atoms with Crippen molar-refractivity contribution in [2.45, 2.75) is 43.9 Å². The lowest BCUT2D eigenvalue weighted by Gasteiger charge is -2.28. The Hall–Kier alpha value is -1.49. The van der Waals surface area contributed by atoms with Crippen LogP contribution in [0.4, 0.5) is 5.69 Å². The standard InChI is InChI=1S/C16H22N2O2S/c1-11(19)17-13-8-6-12(7-9-13)16(20)18-14-4-3-5-15(10-14)21-2/h6-9,14-15H,3-5,10H2,1-2H3,(H,17,19)(H,18,20)/t14-,15-/m0/s1. The average Bonchev–Trinajstić information content (AvgIpc) is 2.47. The van der Waals surface area contributed by atoms with Crippen LogP contribution in [-0.2, 0) is 4.79 Å². The second-order valence-corrected chi connectivity index (χ2v) is 6.59. The van der Waals surface area contributed by atoms with Gasteiger partial charge in [-0.2, -0.15) is 11.8 Å². The van der Waals surface area contributed by atoms with Crippen LogP contribution in [0.5, 0.6) is 0 Å². The molecule has 0 aromatic heterocycles. The fraction of sp³-hybridized carbons (Fsp3) is 0.500. The van der Waals surface area contributed by atoms with E-state index in [1.165, 1.54) is 19.8 Å². The number of carbonyl (C=O) groups excluding carboxylic acids is 2. The van der Waals surface area contributed by atoms with Crippen molar-refractivity contribution in [1.82, 2.24) is 5.32 Å². The topological polar surface area (TPSA) is 58.2 Å². The van der Waals surface area contributed by atoms with Crippen molar-refractivity contribution in [3.63, 3.8) is 0 Å². The summed E-state index contributed by atoms with van der Waals surface area (Å²) in [6, 6.07) is 7.27. The van der Waals surface area contributed by atoms with Crippen LogP contribution >= 0.6 is 11.8 Å². The summed E-state index contributed by atoms with van der Waals surface area (Å²) in [7, 11) is 0. The third-order valence-electron chi connectivity index (χ3n) is 3.76. The first-order valence-corrected chi connectivity index (χ1v) is 8.58. The first kappa shape index (κ1) is 15.9. The van der Waals surface area contributed by atoms with E-state index >= 15 is 0 Å². The van der Waals surface area contributed by atoms with Crippen molar-refractivity contribution in [2.75, 3.05) is 11.6 Å². The third-order valence-corrected chi connectivity index (χ3v) is 4.86. The molecule has 1 aliphatic rings. The summed E-state index contributed by atoms with van der Waals surface area (Å²) in [6.07, 6.45) is 6.68. The predicted octanol–water partition coefficient (Wildman–Crippen LogP) is 3.05. The molecular weight excluding hydrogens is 284 g/mol. The molecule has 1 aromatic rings. The zero-order valence-corrected chi connectivity index (χ0v) is 13.3. The Labute approximate surface area is 130 Å². The summed E-state index contributed by atoms with van der Waals surface area (Å²) in [5.74, 6) is -0.145. The van der Waals surface area contributed by atoms with E-state index in [9.17, 15) is 9.59 Å². The predicted molar refractivity (Wildman–Crippen MR) is 87.8 cm³/mol. The molecule has 1 fully saturated rings. The van der Waals surface area contributed by atoms with Gasteiger partial charge in [0.25, 0.3) is 5.91 Å². The second-order valence-electron chi connectivity index (χ2n) is 5.45. The zero-order valence-electron chi connectivity index (χ0n) is 12.5. The van der Waals surface area contributed by atoms with Gasteiger partial charge in [0.05, 0.1) is 0 Å². The number of carbonyl (C=O) groups is 2. The number of rotatable bonds is 4. The van der Waals surface area contributed by atoms with Gasteiger partial charge in [-0.05, 0) is 49.8 Å². The Balaban J connectivity index is 1.92. The van der Waals surface area contributed by atoms with Crippen LogP contribution in [0.25, 0.3) is 0 Å². The van der Waals surface area contributed by atoms with Gasteiger partial charge in [-0.1, -0.05) is 6.42 Å². The van der Waals surface area contributed by atoms with Crippen LogP contribution in [0, 0.1) is 0 Å². The second kappa shape index (κ2) is 7.50. The molecule has 2 N–H and O–H groups in total.